The van der Waals surface area contributed by atoms with E-state index in [9.17, 15) is 15.3 Å². The molecule has 5 atom stereocenters. The lowest BCUT2D eigenvalue weighted by molar-refractivity contribution is -0.305. The molecular formula is C15H30O6. The molecule has 0 aromatic rings. The van der Waals surface area contributed by atoms with Crippen molar-refractivity contribution < 1.29 is 29.9 Å². The zero-order valence-corrected chi connectivity index (χ0v) is 13.6. The normalized spacial score (nSPS) is 35.0. The largest absolute Gasteiger partial charge is 0.394 e. The van der Waals surface area contributed by atoms with Gasteiger partial charge in [-0.15, -0.1) is 0 Å². The van der Waals surface area contributed by atoms with Gasteiger partial charge in [-0.1, -0.05) is 34.6 Å². The summed E-state index contributed by atoms with van der Waals surface area (Å²) in [6, 6.07) is 0. The van der Waals surface area contributed by atoms with Crippen LogP contribution < -0.4 is 0 Å². The minimum atomic E-state index is -1.40. The van der Waals surface area contributed by atoms with Gasteiger partial charge in [-0.3, -0.25) is 0 Å². The fourth-order valence-corrected chi connectivity index (χ4v) is 3.00. The van der Waals surface area contributed by atoms with Crippen LogP contribution in [0.25, 0.3) is 0 Å². The lowest BCUT2D eigenvalue weighted by Gasteiger charge is -2.41. The summed E-state index contributed by atoms with van der Waals surface area (Å²) in [4.78, 5) is 0. The molecule has 1 fully saturated rings. The standard InChI is InChI=1S/C15H30O6/c1-14(2,3)7-15(4,5)8-20-13-12(19)11(18)10(17)9(6-16)21-13/h9-13,16-19H,6-8H2,1-5H3/t9-,10-,11+,12-,13-/m1/s1. The third-order valence-corrected chi connectivity index (χ3v) is 3.50. The van der Waals surface area contributed by atoms with Gasteiger partial charge in [-0.2, -0.15) is 0 Å². The molecule has 1 aliphatic rings. The SMILES string of the molecule is CC(C)(C)CC(C)(C)CO[C@@H]1O[C@H](CO)[C@@H](O)[C@H](O)[C@H]1O. The molecule has 0 bridgehead atoms. The summed E-state index contributed by atoms with van der Waals surface area (Å²) in [7, 11) is 0. The number of ether oxygens (including phenoxy) is 2. The lowest BCUT2D eigenvalue weighted by atomic mass is 9.77. The van der Waals surface area contributed by atoms with Crippen molar-refractivity contribution in [3.8, 4) is 0 Å². The molecule has 1 heterocycles. The van der Waals surface area contributed by atoms with E-state index in [0.717, 1.165) is 6.42 Å². The fraction of sp³-hybridized carbons (Fsp3) is 1.00. The molecule has 1 saturated heterocycles. The highest BCUT2D eigenvalue weighted by molar-refractivity contribution is 4.89. The number of aliphatic hydroxyl groups excluding tert-OH is 4. The minimum absolute atomic E-state index is 0.128. The van der Waals surface area contributed by atoms with E-state index in [1.807, 2.05) is 0 Å². The van der Waals surface area contributed by atoms with E-state index in [0.29, 0.717) is 6.61 Å². The molecule has 0 aromatic carbocycles. The van der Waals surface area contributed by atoms with Crippen molar-refractivity contribution in [2.45, 2.75) is 71.7 Å². The van der Waals surface area contributed by atoms with Crippen molar-refractivity contribution in [2.75, 3.05) is 13.2 Å². The molecule has 0 unspecified atom stereocenters. The lowest BCUT2D eigenvalue weighted by Crippen LogP contribution is -2.59. The Kier molecular flexibility index (Phi) is 6.17. The maximum absolute atomic E-state index is 9.91. The topological polar surface area (TPSA) is 99.4 Å². The van der Waals surface area contributed by atoms with Gasteiger partial charge in [-0.25, -0.2) is 0 Å². The molecule has 1 aliphatic heterocycles. The van der Waals surface area contributed by atoms with E-state index in [1.165, 1.54) is 0 Å². The van der Waals surface area contributed by atoms with Crippen LogP contribution in [-0.2, 0) is 9.47 Å². The average Bonchev–Trinajstić information content (AvgIpc) is 2.32. The third-order valence-electron chi connectivity index (χ3n) is 3.50. The van der Waals surface area contributed by atoms with Crippen LogP contribution in [-0.4, -0.2) is 64.3 Å². The molecule has 6 heteroatoms. The minimum Gasteiger partial charge on any atom is -0.394 e. The van der Waals surface area contributed by atoms with E-state index in [-0.39, 0.29) is 10.8 Å². The second-order valence-electron chi connectivity index (χ2n) is 7.91. The fourth-order valence-electron chi connectivity index (χ4n) is 3.00. The highest BCUT2D eigenvalue weighted by Crippen LogP contribution is 2.34. The second kappa shape index (κ2) is 6.89. The van der Waals surface area contributed by atoms with Crippen LogP contribution >= 0.6 is 0 Å². The summed E-state index contributed by atoms with van der Waals surface area (Å²) in [5.74, 6) is 0. The zero-order valence-electron chi connectivity index (χ0n) is 13.6. The molecule has 21 heavy (non-hydrogen) atoms. The highest BCUT2D eigenvalue weighted by Gasteiger charge is 2.44. The smallest absolute Gasteiger partial charge is 0.186 e. The van der Waals surface area contributed by atoms with Crippen LogP contribution in [0.3, 0.4) is 0 Å². The van der Waals surface area contributed by atoms with Gasteiger partial charge in [0.1, 0.15) is 24.4 Å². The Bertz CT molecular complexity index is 323. The van der Waals surface area contributed by atoms with E-state index in [4.69, 9.17) is 14.6 Å². The summed E-state index contributed by atoms with van der Waals surface area (Å²) in [5, 5.41) is 38.5. The van der Waals surface area contributed by atoms with Gasteiger partial charge < -0.3 is 29.9 Å². The Hall–Kier alpha value is -0.240. The molecule has 0 spiro atoms. The molecule has 126 valence electrons. The van der Waals surface area contributed by atoms with E-state index >= 15 is 0 Å². The molecule has 6 nitrogen and oxygen atoms in total. The highest BCUT2D eigenvalue weighted by atomic mass is 16.7. The first-order chi connectivity index (χ1) is 9.47. The Balaban J connectivity index is 2.61. The van der Waals surface area contributed by atoms with Crippen molar-refractivity contribution in [2.24, 2.45) is 10.8 Å². The van der Waals surface area contributed by atoms with Crippen LogP contribution in [0.1, 0.15) is 41.0 Å². The van der Waals surface area contributed by atoms with E-state index in [2.05, 4.69) is 34.6 Å². The first-order valence-corrected chi connectivity index (χ1v) is 7.39. The van der Waals surface area contributed by atoms with Gasteiger partial charge in [0.25, 0.3) is 0 Å². The van der Waals surface area contributed by atoms with Crippen LogP contribution in [0.2, 0.25) is 0 Å². The summed E-state index contributed by atoms with van der Waals surface area (Å²) >= 11 is 0. The zero-order chi connectivity index (χ0) is 16.4. The van der Waals surface area contributed by atoms with Gasteiger partial charge in [0, 0.05) is 0 Å². The molecule has 1 rings (SSSR count). The first-order valence-electron chi connectivity index (χ1n) is 7.39. The third kappa shape index (κ3) is 5.47. The van der Waals surface area contributed by atoms with Crippen molar-refractivity contribution in [1.29, 1.82) is 0 Å². The maximum atomic E-state index is 9.91. The van der Waals surface area contributed by atoms with Crippen molar-refractivity contribution in [3.05, 3.63) is 0 Å². The number of hydrogen-bond acceptors (Lipinski definition) is 6. The first kappa shape index (κ1) is 18.8. The number of hydrogen-bond donors (Lipinski definition) is 4. The van der Waals surface area contributed by atoms with Crippen molar-refractivity contribution in [3.63, 3.8) is 0 Å². The summed E-state index contributed by atoms with van der Waals surface area (Å²) in [5.41, 5.74) is 0.0132. The number of aliphatic hydroxyl groups is 4. The van der Waals surface area contributed by atoms with E-state index in [1.54, 1.807) is 0 Å². The Morgan fingerprint density at radius 3 is 2.00 bits per heavy atom. The maximum Gasteiger partial charge on any atom is 0.186 e. The predicted octanol–water partition coefficient (Wildman–Crippen LogP) is 0.265. The molecule has 4 N–H and O–H groups in total. The van der Waals surface area contributed by atoms with Crippen LogP contribution in [0.15, 0.2) is 0 Å². The van der Waals surface area contributed by atoms with Gasteiger partial charge in [0.15, 0.2) is 6.29 Å². The summed E-state index contributed by atoms with van der Waals surface area (Å²) in [6.45, 7) is 10.4. The molecule has 0 aliphatic carbocycles. The monoisotopic (exact) mass is 306 g/mol. The Morgan fingerprint density at radius 1 is 0.952 bits per heavy atom. The Labute approximate surface area is 126 Å². The number of rotatable bonds is 5. The summed E-state index contributed by atoms with van der Waals surface area (Å²) < 4.78 is 10.9. The average molecular weight is 306 g/mol. The van der Waals surface area contributed by atoms with Gasteiger partial charge >= 0.3 is 0 Å². The van der Waals surface area contributed by atoms with Crippen molar-refractivity contribution >= 4 is 0 Å². The predicted molar refractivity (Wildman–Crippen MR) is 77.6 cm³/mol. The summed E-state index contributed by atoms with van der Waals surface area (Å²) in [6.07, 6.45) is -5.16. The van der Waals surface area contributed by atoms with Gasteiger partial charge in [0.05, 0.1) is 13.2 Å². The van der Waals surface area contributed by atoms with Crippen LogP contribution in [0, 0.1) is 10.8 Å². The Morgan fingerprint density at radius 2 is 1.52 bits per heavy atom. The molecule has 0 saturated carbocycles. The molecule has 0 aromatic heterocycles. The van der Waals surface area contributed by atoms with Crippen LogP contribution in [0.5, 0.6) is 0 Å². The van der Waals surface area contributed by atoms with Crippen LogP contribution in [0.4, 0.5) is 0 Å². The van der Waals surface area contributed by atoms with Crippen molar-refractivity contribution in [1.82, 2.24) is 0 Å². The molecular weight excluding hydrogens is 276 g/mol. The van der Waals surface area contributed by atoms with Gasteiger partial charge in [0.2, 0.25) is 0 Å². The second-order valence-corrected chi connectivity index (χ2v) is 7.91. The molecule has 0 radical (unpaired) electrons. The van der Waals surface area contributed by atoms with E-state index < -0.39 is 37.3 Å². The quantitative estimate of drug-likeness (QED) is 0.582. The molecule has 0 amide bonds. The van der Waals surface area contributed by atoms with Gasteiger partial charge in [-0.05, 0) is 17.3 Å².